The lowest BCUT2D eigenvalue weighted by Gasteiger charge is -2.26. The Hall–Kier alpha value is -1.19. The molecule has 2 N–H and O–H groups in total. The largest absolute Gasteiger partial charge is 0.473 e. The standard InChI is InChI=1S/C11H11ClN2O/c12-8-1-2-10-7(3-8)4-11(14-10)15-9-5-13-6-9/h1-4,9,13-14H,5-6H2. The molecule has 2 aromatic rings. The maximum absolute atomic E-state index is 5.91. The normalized spacial score (nSPS) is 16.6. The van der Waals surface area contributed by atoms with Crippen molar-refractivity contribution in [1.29, 1.82) is 0 Å². The first-order chi connectivity index (χ1) is 7.31. The van der Waals surface area contributed by atoms with Gasteiger partial charge in [-0.2, -0.15) is 0 Å². The molecule has 1 saturated heterocycles. The van der Waals surface area contributed by atoms with Gasteiger partial charge in [-0.3, -0.25) is 0 Å². The van der Waals surface area contributed by atoms with E-state index in [2.05, 4.69) is 10.3 Å². The zero-order valence-electron chi connectivity index (χ0n) is 8.09. The number of H-pyrrole nitrogens is 1. The molecule has 0 bridgehead atoms. The zero-order chi connectivity index (χ0) is 10.3. The van der Waals surface area contributed by atoms with Gasteiger partial charge in [0.25, 0.3) is 0 Å². The summed E-state index contributed by atoms with van der Waals surface area (Å²) in [7, 11) is 0. The molecule has 3 nitrogen and oxygen atoms in total. The minimum atomic E-state index is 0.300. The lowest BCUT2D eigenvalue weighted by atomic mass is 10.2. The van der Waals surface area contributed by atoms with Crippen LogP contribution in [0.25, 0.3) is 10.9 Å². The van der Waals surface area contributed by atoms with Gasteiger partial charge in [0, 0.05) is 35.1 Å². The number of hydrogen-bond donors (Lipinski definition) is 2. The monoisotopic (exact) mass is 222 g/mol. The van der Waals surface area contributed by atoms with Gasteiger partial charge in [0.2, 0.25) is 0 Å². The minimum Gasteiger partial charge on any atom is -0.473 e. The van der Waals surface area contributed by atoms with Crippen LogP contribution in [0.1, 0.15) is 0 Å². The molecule has 1 fully saturated rings. The Kier molecular flexibility index (Phi) is 2.08. The number of nitrogens with one attached hydrogen (secondary N) is 2. The maximum atomic E-state index is 5.91. The lowest BCUT2D eigenvalue weighted by molar-refractivity contribution is 0.137. The van der Waals surface area contributed by atoms with Crippen LogP contribution in [0.4, 0.5) is 0 Å². The first-order valence-corrected chi connectivity index (χ1v) is 5.35. The van der Waals surface area contributed by atoms with Gasteiger partial charge in [-0.25, -0.2) is 0 Å². The van der Waals surface area contributed by atoms with E-state index < -0.39 is 0 Å². The van der Waals surface area contributed by atoms with Gasteiger partial charge in [0.05, 0.1) is 0 Å². The van der Waals surface area contributed by atoms with Crippen LogP contribution in [-0.4, -0.2) is 24.2 Å². The molecule has 1 aromatic carbocycles. The summed E-state index contributed by atoms with van der Waals surface area (Å²) in [6, 6.07) is 7.75. The molecule has 1 aliphatic rings. The van der Waals surface area contributed by atoms with E-state index in [1.165, 1.54) is 0 Å². The smallest absolute Gasteiger partial charge is 0.192 e. The number of ether oxygens (including phenoxy) is 1. The average Bonchev–Trinajstić information content (AvgIpc) is 2.53. The van der Waals surface area contributed by atoms with Gasteiger partial charge in [0.15, 0.2) is 5.88 Å². The number of aromatic amines is 1. The number of hydrogen-bond acceptors (Lipinski definition) is 2. The Morgan fingerprint density at radius 1 is 1.27 bits per heavy atom. The lowest BCUT2D eigenvalue weighted by Crippen LogP contribution is -2.50. The quantitative estimate of drug-likeness (QED) is 0.817. The average molecular weight is 223 g/mol. The molecule has 0 amide bonds. The molecule has 0 aliphatic carbocycles. The minimum absolute atomic E-state index is 0.300. The predicted octanol–water partition coefficient (Wildman–Crippen LogP) is 2.17. The molecule has 4 heteroatoms. The van der Waals surface area contributed by atoms with Crippen LogP contribution in [0.3, 0.4) is 0 Å². The summed E-state index contributed by atoms with van der Waals surface area (Å²) in [5.41, 5.74) is 1.06. The van der Waals surface area contributed by atoms with Crippen LogP contribution in [0.2, 0.25) is 5.02 Å². The van der Waals surface area contributed by atoms with E-state index in [1.54, 1.807) is 0 Å². The second-order valence-electron chi connectivity index (χ2n) is 3.76. The van der Waals surface area contributed by atoms with Crippen molar-refractivity contribution >= 4 is 22.5 Å². The van der Waals surface area contributed by atoms with Crippen LogP contribution in [0.5, 0.6) is 5.88 Å². The van der Waals surface area contributed by atoms with Gasteiger partial charge in [-0.05, 0) is 18.2 Å². The summed E-state index contributed by atoms with van der Waals surface area (Å²) in [5, 5.41) is 5.00. The van der Waals surface area contributed by atoms with Crippen molar-refractivity contribution in [3.05, 3.63) is 29.3 Å². The summed E-state index contributed by atoms with van der Waals surface area (Å²) in [4.78, 5) is 3.21. The molecule has 15 heavy (non-hydrogen) atoms. The molecule has 0 spiro atoms. The van der Waals surface area contributed by atoms with E-state index in [0.29, 0.717) is 6.10 Å². The second-order valence-corrected chi connectivity index (χ2v) is 4.20. The van der Waals surface area contributed by atoms with Gasteiger partial charge < -0.3 is 15.0 Å². The van der Waals surface area contributed by atoms with E-state index in [-0.39, 0.29) is 0 Å². The molecule has 0 atom stereocenters. The molecule has 1 aliphatic heterocycles. The summed E-state index contributed by atoms with van der Waals surface area (Å²) in [6.07, 6.45) is 0.300. The second kappa shape index (κ2) is 3.43. The van der Waals surface area contributed by atoms with Gasteiger partial charge in [-0.1, -0.05) is 11.6 Å². The Balaban J connectivity index is 1.91. The third-order valence-corrected chi connectivity index (χ3v) is 2.83. The summed E-state index contributed by atoms with van der Waals surface area (Å²) in [6.45, 7) is 1.85. The highest BCUT2D eigenvalue weighted by Gasteiger charge is 2.18. The van der Waals surface area contributed by atoms with Gasteiger partial charge in [0.1, 0.15) is 6.10 Å². The zero-order valence-corrected chi connectivity index (χ0v) is 8.84. The first-order valence-electron chi connectivity index (χ1n) is 4.97. The van der Waals surface area contributed by atoms with Gasteiger partial charge >= 0.3 is 0 Å². The molecule has 0 unspecified atom stereocenters. The molecule has 0 radical (unpaired) electrons. The van der Waals surface area contributed by atoms with Gasteiger partial charge in [-0.15, -0.1) is 0 Å². The SMILES string of the molecule is Clc1ccc2[nH]c(OC3CNC3)cc2c1. The van der Waals surface area contributed by atoms with E-state index in [9.17, 15) is 0 Å². The molecular weight excluding hydrogens is 212 g/mol. The molecule has 1 aromatic heterocycles. The number of benzene rings is 1. The Bertz CT molecular complexity index is 490. The Labute approximate surface area is 92.4 Å². The van der Waals surface area contributed by atoms with E-state index in [0.717, 1.165) is 34.9 Å². The van der Waals surface area contributed by atoms with Crippen LogP contribution >= 0.6 is 11.6 Å². The van der Waals surface area contributed by atoms with Crippen molar-refractivity contribution < 1.29 is 4.74 Å². The third kappa shape index (κ3) is 1.68. The molecule has 78 valence electrons. The summed E-state index contributed by atoms with van der Waals surface area (Å²) in [5.74, 6) is 0.818. The highest BCUT2D eigenvalue weighted by atomic mass is 35.5. The molecule has 2 heterocycles. The highest BCUT2D eigenvalue weighted by molar-refractivity contribution is 6.31. The third-order valence-electron chi connectivity index (χ3n) is 2.60. The fourth-order valence-corrected chi connectivity index (χ4v) is 1.85. The van der Waals surface area contributed by atoms with Crippen LogP contribution < -0.4 is 10.1 Å². The number of halogens is 1. The number of rotatable bonds is 2. The maximum Gasteiger partial charge on any atom is 0.192 e. The molecule has 3 rings (SSSR count). The van der Waals surface area contributed by atoms with Crippen molar-refractivity contribution in [3.63, 3.8) is 0 Å². The topological polar surface area (TPSA) is 37.0 Å². The Morgan fingerprint density at radius 2 is 2.13 bits per heavy atom. The van der Waals surface area contributed by atoms with Crippen molar-refractivity contribution in [2.24, 2.45) is 0 Å². The number of fused-ring (bicyclic) bond motifs is 1. The molecular formula is C11H11ClN2O. The fraction of sp³-hybridized carbons (Fsp3) is 0.273. The van der Waals surface area contributed by atoms with Crippen LogP contribution in [0.15, 0.2) is 24.3 Å². The van der Waals surface area contributed by atoms with Crippen molar-refractivity contribution in [2.75, 3.05) is 13.1 Å². The van der Waals surface area contributed by atoms with E-state index >= 15 is 0 Å². The van der Waals surface area contributed by atoms with Crippen LogP contribution in [0, 0.1) is 0 Å². The van der Waals surface area contributed by atoms with Crippen molar-refractivity contribution in [2.45, 2.75) is 6.10 Å². The fourth-order valence-electron chi connectivity index (χ4n) is 1.67. The van der Waals surface area contributed by atoms with Crippen molar-refractivity contribution in [1.82, 2.24) is 10.3 Å². The summed E-state index contributed by atoms with van der Waals surface area (Å²) < 4.78 is 5.71. The predicted molar refractivity (Wildman–Crippen MR) is 60.6 cm³/mol. The summed E-state index contributed by atoms with van der Waals surface area (Å²) >= 11 is 5.91. The van der Waals surface area contributed by atoms with Crippen molar-refractivity contribution in [3.8, 4) is 5.88 Å². The van der Waals surface area contributed by atoms with E-state index in [1.807, 2.05) is 24.3 Å². The van der Waals surface area contributed by atoms with Crippen LogP contribution in [-0.2, 0) is 0 Å². The Morgan fingerprint density at radius 3 is 2.87 bits per heavy atom. The highest BCUT2D eigenvalue weighted by Crippen LogP contribution is 2.24. The number of aromatic nitrogens is 1. The molecule has 0 saturated carbocycles. The first kappa shape index (κ1) is 9.07. The van der Waals surface area contributed by atoms with E-state index in [4.69, 9.17) is 16.3 Å².